The van der Waals surface area contributed by atoms with Crippen LogP contribution in [0.1, 0.15) is 59.8 Å². The lowest BCUT2D eigenvalue weighted by Crippen LogP contribution is -2.25. The first-order valence-electron chi connectivity index (χ1n) is 10.3. The van der Waals surface area contributed by atoms with Gasteiger partial charge in [0.05, 0.1) is 12.4 Å². The number of hydrogen-bond acceptors (Lipinski definition) is 6. The molecule has 2 heterocycles. The third kappa shape index (κ3) is 7.14. The highest BCUT2D eigenvalue weighted by Crippen LogP contribution is 2.32. The zero-order chi connectivity index (χ0) is 21.2. The number of aromatic amines is 1. The van der Waals surface area contributed by atoms with Gasteiger partial charge >= 0.3 is 6.61 Å². The van der Waals surface area contributed by atoms with Crippen LogP contribution in [-0.4, -0.2) is 32.9 Å². The topological polar surface area (TPSA) is 85.0 Å². The van der Waals surface area contributed by atoms with Crippen molar-refractivity contribution in [2.75, 3.05) is 5.32 Å². The maximum atomic E-state index is 12.2. The number of H-pyrrole nitrogens is 1. The normalized spacial score (nSPS) is 21.7. The number of nitrogens with zero attached hydrogens (tertiary/aromatic N) is 3. The summed E-state index contributed by atoms with van der Waals surface area (Å²) in [5.41, 5.74) is 0. The summed E-state index contributed by atoms with van der Waals surface area (Å²) >= 11 is 0. The Hall–Kier alpha value is -2.45. The third-order valence-electron chi connectivity index (χ3n) is 4.93. The van der Waals surface area contributed by atoms with Crippen LogP contribution in [0.2, 0.25) is 0 Å². The summed E-state index contributed by atoms with van der Waals surface area (Å²) in [5.74, 6) is 2.24. The predicted molar refractivity (Wildman–Crippen MR) is 108 cm³/mol. The van der Waals surface area contributed by atoms with E-state index in [4.69, 9.17) is 4.74 Å². The molecule has 9 heteroatoms. The van der Waals surface area contributed by atoms with Crippen molar-refractivity contribution in [3.63, 3.8) is 0 Å². The number of aromatic nitrogens is 4. The molecule has 1 fully saturated rings. The van der Waals surface area contributed by atoms with Crippen molar-refractivity contribution in [1.29, 1.82) is 0 Å². The summed E-state index contributed by atoms with van der Waals surface area (Å²) in [5, 5.41) is 9.11. The first-order valence-corrected chi connectivity index (χ1v) is 10.3. The Kier molecular flexibility index (Phi) is 9.08. The minimum absolute atomic E-state index is 0.115. The fraction of sp³-hybridized carbons (Fsp3) is 0.650. The maximum absolute atomic E-state index is 12.2. The van der Waals surface area contributed by atoms with E-state index in [9.17, 15) is 8.78 Å². The Balaban J connectivity index is 0.00000145. The molecule has 3 atom stereocenters. The summed E-state index contributed by atoms with van der Waals surface area (Å²) in [6.07, 6.45) is 8.99. The predicted octanol–water partition coefficient (Wildman–Crippen LogP) is 5.55. The lowest BCUT2D eigenvalue weighted by Gasteiger charge is -2.23. The van der Waals surface area contributed by atoms with E-state index < -0.39 is 6.61 Å². The van der Waals surface area contributed by atoms with Crippen molar-refractivity contribution in [3.05, 3.63) is 18.5 Å². The van der Waals surface area contributed by atoms with Gasteiger partial charge in [0.2, 0.25) is 11.8 Å². The Bertz CT molecular complexity index is 728. The number of halogens is 2. The quantitative estimate of drug-likeness (QED) is 0.581. The van der Waals surface area contributed by atoms with E-state index in [1.165, 1.54) is 25.1 Å². The summed E-state index contributed by atoms with van der Waals surface area (Å²) in [6, 6.07) is 1.32. The second-order valence-electron chi connectivity index (χ2n) is 6.94. The monoisotopic (exact) mass is 411 g/mol. The molecule has 0 bridgehead atoms. The van der Waals surface area contributed by atoms with Gasteiger partial charge in [0, 0.05) is 6.07 Å². The molecule has 0 radical (unpaired) electrons. The molecule has 0 aromatic carbocycles. The van der Waals surface area contributed by atoms with E-state index in [-0.39, 0.29) is 12.0 Å². The molecule has 0 aliphatic heterocycles. The molecule has 0 saturated heterocycles. The standard InChI is InChI=1S/C18H25F2N5O2.C2H6/c1-3-12-5-4-6-13(11(2)7-12)26-17-10-21-9-15(23-17)22-14-8-16(25-24-14)27-18(19)20;1-2/h8-13,18H,3-7H2,1-2H3,(H2,22,23,24,25);1-2H3. The average molecular weight is 411 g/mol. The Morgan fingerprint density at radius 3 is 2.76 bits per heavy atom. The van der Waals surface area contributed by atoms with Gasteiger partial charge in [-0.1, -0.05) is 40.5 Å². The van der Waals surface area contributed by atoms with Gasteiger partial charge in [-0.15, -0.1) is 5.10 Å². The number of alkyl halides is 2. The molecule has 162 valence electrons. The molecule has 2 aromatic rings. The highest BCUT2D eigenvalue weighted by molar-refractivity contribution is 5.51. The van der Waals surface area contributed by atoms with Gasteiger partial charge in [-0.05, 0) is 31.1 Å². The van der Waals surface area contributed by atoms with Gasteiger partial charge in [0.15, 0.2) is 5.82 Å². The van der Waals surface area contributed by atoms with E-state index in [2.05, 4.69) is 44.1 Å². The number of hydrogen-bond donors (Lipinski definition) is 2. The SMILES string of the molecule is CC.CCC1CCCC(Oc2cncc(Nc3cc(OC(F)F)n[nH]3)n2)C(C)C1. The molecule has 0 amide bonds. The van der Waals surface area contributed by atoms with Crippen LogP contribution in [0, 0.1) is 11.8 Å². The average Bonchev–Trinajstić information content (AvgIpc) is 3.05. The minimum Gasteiger partial charge on any atom is -0.473 e. The van der Waals surface area contributed by atoms with E-state index in [0.717, 1.165) is 25.2 Å². The van der Waals surface area contributed by atoms with E-state index in [1.807, 2.05) is 13.8 Å². The van der Waals surface area contributed by atoms with Crippen LogP contribution in [0.15, 0.2) is 18.5 Å². The van der Waals surface area contributed by atoms with E-state index in [1.54, 1.807) is 6.20 Å². The first-order chi connectivity index (χ1) is 14.0. The zero-order valence-corrected chi connectivity index (χ0v) is 17.5. The first kappa shape index (κ1) is 22.8. The number of anilines is 2. The molecule has 3 unspecified atom stereocenters. The highest BCUT2D eigenvalue weighted by Gasteiger charge is 2.26. The fourth-order valence-corrected chi connectivity index (χ4v) is 3.51. The van der Waals surface area contributed by atoms with Crippen molar-refractivity contribution in [3.8, 4) is 11.8 Å². The van der Waals surface area contributed by atoms with Crippen LogP contribution >= 0.6 is 0 Å². The molecule has 29 heavy (non-hydrogen) atoms. The smallest absolute Gasteiger partial charge is 0.388 e. The largest absolute Gasteiger partial charge is 0.473 e. The molecule has 1 aliphatic rings. The van der Waals surface area contributed by atoms with Gasteiger partial charge < -0.3 is 14.8 Å². The highest BCUT2D eigenvalue weighted by atomic mass is 19.3. The molecule has 1 aliphatic carbocycles. The number of nitrogens with one attached hydrogen (secondary N) is 2. The van der Waals surface area contributed by atoms with E-state index in [0.29, 0.717) is 23.4 Å². The van der Waals surface area contributed by atoms with Crippen molar-refractivity contribution in [2.24, 2.45) is 11.8 Å². The lowest BCUT2D eigenvalue weighted by molar-refractivity contribution is -0.0528. The Morgan fingerprint density at radius 1 is 1.24 bits per heavy atom. The molecule has 1 saturated carbocycles. The second kappa shape index (κ2) is 11.5. The number of ether oxygens (including phenoxy) is 2. The molecule has 0 spiro atoms. The van der Waals surface area contributed by atoms with Crippen LogP contribution in [-0.2, 0) is 0 Å². The maximum Gasteiger partial charge on any atom is 0.388 e. The molecule has 2 N–H and O–H groups in total. The molecular formula is C20H31F2N5O2. The van der Waals surface area contributed by atoms with Gasteiger partial charge in [-0.25, -0.2) is 0 Å². The summed E-state index contributed by atoms with van der Waals surface area (Å²) < 4.78 is 34.7. The van der Waals surface area contributed by atoms with Crippen molar-refractivity contribution < 1.29 is 18.3 Å². The summed E-state index contributed by atoms with van der Waals surface area (Å²) in [6.45, 7) is 5.54. The van der Waals surface area contributed by atoms with Crippen LogP contribution in [0.25, 0.3) is 0 Å². The second-order valence-corrected chi connectivity index (χ2v) is 6.94. The van der Waals surface area contributed by atoms with Gasteiger partial charge in [0.1, 0.15) is 11.9 Å². The van der Waals surface area contributed by atoms with Gasteiger partial charge in [-0.2, -0.15) is 13.8 Å². The van der Waals surface area contributed by atoms with Crippen LogP contribution < -0.4 is 14.8 Å². The number of rotatable bonds is 7. The van der Waals surface area contributed by atoms with E-state index >= 15 is 0 Å². The molecule has 2 aromatic heterocycles. The zero-order valence-electron chi connectivity index (χ0n) is 17.5. The van der Waals surface area contributed by atoms with Crippen LogP contribution in [0.5, 0.6) is 11.8 Å². The van der Waals surface area contributed by atoms with Gasteiger partial charge in [0.25, 0.3) is 0 Å². The summed E-state index contributed by atoms with van der Waals surface area (Å²) in [4.78, 5) is 8.55. The van der Waals surface area contributed by atoms with Crippen LogP contribution in [0.3, 0.4) is 0 Å². The van der Waals surface area contributed by atoms with Crippen molar-refractivity contribution >= 4 is 11.6 Å². The van der Waals surface area contributed by atoms with Crippen LogP contribution in [0.4, 0.5) is 20.4 Å². The van der Waals surface area contributed by atoms with Crippen molar-refractivity contribution in [1.82, 2.24) is 20.2 Å². The Morgan fingerprint density at radius 2 is 2.03 bits per heavy atom. The molecule has 3 rings (SSSR count). The van der Waals surface area contributed by atoms with Crippen molar-refractivity contribution in [2.45, 2.75) is 72.5 Å². The Labute approximate surface area is 170 Å². The van der Waals surface area contributed by atoms with Gasteiger partial charge in [-0.3, -0.25) is 10.1 Å². The minimum atomic E-state index is -2.92. The molecular weight excluding hydrogens is 380 g/mol. The fourth-order valence-electron chi connectivity index (χ4n) is 3.51. The lowest BCUT2D eigenvalue weighted by atomic mass is 9.91. The third-order valence-corrected chi connectivity index (χ3v) is 4.93. The summed E-state index contributed by atoms with van der Waals surface area (Å²) in [7, 11) is 0. The molecule has 7 nitrogen and oxygen atoms in total.